The van der Waals surface area contributed by atoms with Crippen molar-refractivity contribution in [2.45, 2.75) is 57.8 Å². The van der Waals surface area contributed by atoms with Crippen LogP contribution >= 0.6 is 0 Å². The predicted molar refractivity (Wildman–Crippen MR) is 74.9 cm³/mol. The van der Waals surface area contributed by atoms with E-state index in [2.05, 4.69) is 17.3 Å². The van der Waals surface area contributed by atoms with Gasteiger partial charge < -0.3 is 20.1 Å². The third-order valence-electron chi connectivity index (χ3n) is 3.39. The monoisotopic (exact) mass is 258 g/mol. The Balaban J connectivity index is 2.09. The van der Waals surface area contributed by atoms with E-state index in [0.717, 1.165) is 6.54 Å². The number of likely N-dealkylation sites (tertiary alicyclic amines) is 1. The van der Waals surface area contributed by atoms with Crippen molar-refractivity contribution in [3.05, 3.63) is 0 Å². The molecule has 4 nitrogen and oxygen atoms in total. The van der Waals surface area contributed by atoms with Gasteiger partial charge in [-0.25, -0.2) is 0 Å². The standard InChI is InChI=1S/C14H30N2O2/c1-14(2,3)18-11-13(17)10-15-9-12-7-5-6-8-16(12)4/h12-13,15,17H,5-11H2,1-4H3. The van der Waals surface area contributed by atoms with Crippen LogP contribution in [-0.2, 0) is 4.74 Å². The average Bonchev–Trinajstić information content (AvgIpc) is 2.28. The maximum absolute atomic E-state index is 9.81. The van der Waals surface area contributed by atoms with E-state index in [0.29, 0.717) is 19.2 Å². The van der Waals surface area contributed by atoms with E-state index < -0.39 is 6.10 Å². The quantitative estimate of drug-likeness (QED) is 0.752. The fraction of sp³-hybridized carbons (Fsp3) is 1.00. The number of rotatable bonds is 6. The van der Waals surface area contributed by atoms with Gasteiger partial charge in [-0.2, -0.15) is 0 Å². The lowest BCUT2D eigenvalue weighted by molar-refractivity contribution is -0.0481. The zero-order valence-corrected chi connectivity index (χ0v) is 12.4. The lowest BCUT2D eigenvalue weighted by Gasteiger charge is -2.32. The fourth-order valence-corrected chi connectivity index (χ4v) is 2.22. The molecule has 0 aliphatic carbocycles. The van der Waals surface area contributed by atoms with Crippen LogP contribution in [0.15, 0.2) is 0 Å². The van der Waals surface area contributed by atoms with Crippen molar-refractivity contribution in [1.29, 1.82) is 0 Å². The molecule has 1 fully saturated rings. The summed E-state index contributed by atoms with van der Waals surface area (Å²) in [4.78, 5) is 2.41. The van der Waals surface area contributed by atoms with Crippen molar-refractivity contribution in [1.82, 2.24) is 10.2 Å². The van der Waals surface area contributed by atoms with Gasteiger partial charge in [-0.15, -0.1) is 0 Å². The molecule has 108 valence electrons. The lowest BCUT2D eigenvalue weighted by Crippen LogP contribution is -2.45. The van der Waals surface area contributed by atoms with E-state index >= 15 is 0 Å². The average molecular weight is 258 g/mol. The summed E-state index contributed by atoms with van der Waals surface area (Å²) in [6.45, 7) is 9.18. The van der Waals surface area contributed by atoms with Crippen LogP contribution in [0.5, 0.6) is 0 Å². The fourth-order valence-electron chi connectivity index (χ4n) is 2.22. The zero-order valence-electron chi connectivity index (χ0n) is 12.4. The molecule has 0 bridgehead atoms. The molecule has 0 aromatic heterocycles. The number of aliphatic hydroxyl groups is 1. The Labute approximate surface area is 112 Å². The summed E-state index contributed by atoms with van der Waals surface area (Å²) in [5.74, 6) is 0. The Morgan fingerprint density at radius 3 is 2.72 bits per heavy atom. The first kappa shape index (κ1) is 15.9. The molecule has 2 unspecified atom stereocenters. The molecule has 18 heavy (non-hydrogen) atoms. The molecule has 0 aromatic carbocycles. The first-order valence-corrected chi connectivity index (χ1v) is 7.11. The number of nitrogens with one attached hydrogen (secondary N) is 1. The maximum atomic E-state index is 9.81. The number of ether oxygens (including phenoxy) is 1. The highest BCUT2D eigenvalue weighted by molar-refractivity contribution is 4.76. The first-order valence-electron chi connectivity index (χ1n) is 7.11. The van der Waals surface area contributed by atoms with Crippen LogP contribution in [0.1, 0.15) is 40.0 Å². The van der Waals surface area contributed by atoms with Gasteiger partial charge in [0.15, 0.2) is 0 Å². The molecule has 0 saturated carbocycles. The lowest BCUT2D eigenvalue weighted by atomic mass is 10.0. The van der Waals surface area contributed by atoms with Crippen LogP contribution < -0.4 is 5.32 Å². The summed E-state index contributed by atoms with van der Waals surface area (Å²) in [6.07, 6.45) is 3.48. The minimum atomic E-state index is -0.418. The topological polar surface area (TPSA) is 44.7 Å². The first-order chi connectivity index (χ1) is 8.38. The Kier molecular flexibility index (Phi) is 6.57. The van der Waals surface area contributed by atoms with Gasteiger partial charge in [-0.1, -0.05) is 6.42 Å². The minimum absolute atomic E-state index is 0.176. The van der Waals surface area contributed by atoms with Gasteiger partial charge in [-0.05, 0) is 47.2 Å². The van der Waals surface area contributed by atoms with E-state index in [1.807, 2.05) is 20.8 Å². The summed E-state index contributed by atoms with van der Waals surface area (Å²) in [7, 11) is 2.19. The minimum Gasteiger partial charge on any atom is -0.389 e. The van der Waals surface area contributed by atoms with Crippen LogP contribution in [0.4, 0.5) is 0 Å². The Bertz CT molecular complexity index is 228. The molecule has 0 amide bonds. The molecule has 2 atom stereocenters. The van der Waals surface area contributed by atoms with Gasteiger partial charge in [0.25, 0.3) is 0 Å². The number of hydrogen-bond donors (Lipinski definition) is 2. The van der Waals surface area contributed by atoms with Crippen molar-refractivity contribution in [2.24, 2.45) is 0 Å². The second-order valence-electron chi connectivity index (χ2n) is 6.37. The van der Waals surface area contributed by atoms with Crippen molar-refractivity contribution in [3.8, 4) is 0 Å². The van der Waals surface area contributed by atoms with E-state index in [-0.39, 0.29) is 5.60 Å². The summed E-state index contributed by atoms with van der Waals surface area (Å²) in [6, 6.07) is 0.620. The Morgan fingerprint density at radius 1 is 1.39 bits per heavy atom. The van der Waals surface area contributed by atoms with Crippen molar-refractivity contribution < 1.29 is 9.84 Å². The molecule has 0 spiro atoms. The third kappa shape index (κ3) is 6.69. The van der Waals surface area contributed by atoms with Crippen LogP contribution in [0, 0.1) is 0 Å². The SMILES string of the molecule is CN1CCCCC1CNCC(O)COC(C)(C)C. The number of piperidine rings is 1. The third-order valence-corrected chi connectivity index (χ3v) is 3.39. The molecular weight excluding hydrogens is 228 g/mol. The molecule has 0 radical (unpaired) electrons. The van der Waals surface area contributed by atoms with Gasteiger partial charge >= 0.3 is 0 Å². The van der Waals surface area contributed by atoms with Crippen LogP contribution in [0.2, 0.25) is 0 Å². The van der Waals surface area contributed by atoms with Crippen molar-refractivity contribution in [3.63, 3.8) is 0 Å². The highest BCUT2D eigenvalue weighted by Crippen LogP contribution is 2.14. The van der Waals surface area contributed by atoms with Crippen molar-refractivity contribution in [2.75, 3.05) is 33.3 Å². The van der Waals surface area contributed by atoms with Crippen LogP contribution in [0.25, 0.3) is 0 Å². The number of aliphatic hydroxyl groups excluding tert-OH is 1. The maximum Gasteiger partial charge on any atom is 0.0897 e. The second-order valence-corrected chi connectivity index (χ2v) is 6.37. The molecule has 1 aliphatic heterocycles. The van der Waals surface area contributed by atoms with Crippen LogP contribution in [0.3, 0.4) is 0 Å². The Hall–Kier alpha value is -0.160. The van der Waals surface area contributed by atoms with Crippen LogP contribution in [-0.4, -0.2) is 61.0 Å². The molecule has 1 heterocycles. The molecule has 1 rings (SSSR count). The summed E-state index contributed by atoms with van der Waals surface area (Å²) in [5, 5.41) is 13.2. The summed E-state index contributed by atoms with van der Waals surface area (Å²) < 4.78 is 5.55. The molecule has 1 saturated heterocycles. The van der Waals surface area contributed by atoms with E-state index in [4.69, 9.17) is 4.74 Å². The van der Waals surface area contributed by atoms with Gasteiger partial charge in [0.2, 0.25) is 0 Å². The Morgan fingerprint density at radius 2 is 2.11 bits per heavy atom. The van der Waals surface area contributed by atoms with E-state index in [9.17, 15) is 5.11 Å². The van der Waals surface area contributed by atoms with E-state index in [1.54, 1.807) is 0 Å². The second kappa shape index (κ2) is 7.43. The summed E-state index contributed by atoms with van der Waals surface area (Å²) >= 11 is 0. The van der Waals surface area contributed by atoms with Gasteiger partial charge in [0, 0.05) is 19.1 Å². The predicted octanol–water partition coefficient (Wildman–Crippen LogP) is 1.24. The van der Waals surface area contributed by atoms with Crippen molar-refractivity contribution >= 4 is 0 Å². The zero-order chi connectivity index (χ0) is 13.6. The molecule has 0 aromatic rings. The molecule has 1 aliphatic rings. The highest BCUT2D eigenvalue weighted by Gasteiger charge is 2.19. The molecular formula is C14H30N2O2. The molecule has 4 heteroatoms. The van der Waals surface area contributed by atoms with Gasteiger partial charge in [0.05, 0.1) is 18.3 Å². The smallest absolute Gasteiger partial charge is 0.0897 e. The molecule has 2 N–H and O–H groups in total. The van der Waals surface area contributed by atoms with Gasteiger partial charge in [0.1, 0.15) is 0 Å². The largest absolute Gasteiger partial charge is 0.389 e. The van der Waals surface area contributed by atoms with Gasteiger partial charge in [-0.3, -0.25) is 0 Å². The normalized spacial score (nSPS) is 24.2. The van der Waals surface area contributed by atoms with E-state index in [1.165, 1.54) is 25.8 Å². The summed E-state index contributed by atoms with van der Waals surface area (Å²) in [5.41, 5.74) is -0.176. The number of hydrogen-bond acceptors (Lipinski definition) is 4. The highest BCUT2D eigenvalue weighted by atomic mass is 16.5. The number of nitrogens with zero attached hydrogens (tertiary/aromatic N) is 1. The number of likely N-dealkylation sites (N-methyl/N-ethyl adjacent to an activating group) is 1.